The maximum atomic E-state index is 13.1. The fraction of sp³-hybridized carbons (Fsp3) is 0.545. The zero-order valence-electron chi connectivity index (χ0n) is 11.4. The van der Waals surface area contributed by atoms with Gasteiger partial charge in [0.25, 0.3) is 0 Å². The first kappa shape index (κ1) is 20.7. The van der Waals surface area contributed by atoms with E-state index in [4.69, 9.17) is 5.11 Å². The summed E-state index contributed by atoms with van der Waals surface area (Å²) >= 11 is 0. The molecule has 0 rings (SSSR count). The molecule has 0 aliphatic carbocycles. The molecule has 0 saturated carbocycles. The molecule has 1 N–H and O–H groups in total. The molecule has 0 aromatic heterocycles. The normalized spacial score (nSPS) is 12.5. The highest BCUT2D eigenvalue weighted by Crippen LogP contribution is 2.46. The standard InChI is InChI=1S/C11H10F6O6/c1-5(2)6(18)22-3-4-23-8(21)10(14,15)11(16,17)9(12,13)7(19)20/h1,3-4H2,2H3,(H,19,20). The van der Waals surface area contributed by atoms with E-state index in [1.165, 1.54) is 6.92 Å². The second-order valence-electron chi connectivity index (χ2n) is 4.08. The minimum absolute atomic E-state index is 0.103. The van der Waals surface area contributed by atoms with Gasteiger partial charge < -0.3 is 14.6 Å². The Labute approximate surface area is 124 Å². The summed E-state index contributed by atoms with van der Waals surface area (Å²) in [5.74, 6) is -26.6. The first-order valence-corrected chi connectivity index (χ1v) is 5.56. The number of carboxylic acid groups (broad SMARTS) is 1. The van der Waals surface area contributed by atoms with Crippen LogP contribution in [0.5, 0.6) is 0 Å². The molecule has 23 heavy (non-hydrogen) atoms. The topological polar surface area (TPSA) is 89.9 Å². The van der Waals surface area contributed by atoms with Crippen LogP contribution in [0.15, 0.2) is 12.2 Å². The summed E-state index contributed by atoms with van der Waals surface area (Å²) in [7, 11) is 0. The number of esters is 2. The third-order valence-corrected chi connectivity index (χ3v) is 2.21. The Morgan fingerprint density at radius 2 is 1.39 bits per heavy atom. The smallest absolute Gasteiger partial charge is 0.411 e. The van der Waals surface area contributed by atoms with Crippen LogP contribution in [-0.2, 0) is 23.9 Å². The molecule has 0 aliphatic rings. The van der Waals surface area contributed by atoms with E-state index >= 15 is 0 Å². The number of ether oxygens (including phenoxy) is 2. The number of alkyl halides is 6. The maximum Gasteiger partial charge on any atom is 0.411 e. The number of hydrogen-bond acceptors (Lipinski definition) is 5. The summed E-state index contributed by atoms with van der Waals surface area (Å²) in [5, 5.41) is 7.87. The largest absolute Gasteiger partial charge is 0.477 e. The molecule has 0 atom stereocenters. The van der Waals surface area contributed by atoms with Crippen molar-refractivity contribution in [3.8, 4) is 0 Å². The Balaban J connectivity index is 4.88. The fourth-order valence-electron chi connectivity index (χ4n) is 0.942. The van der Waals surface area contributed by atoms with Gasteiger partial charge in [0.1, 0.15) is 13.2 Å². The third kappa shape index (κ3) is 4.13. The molecule has 0 amide bonds. The Morgan fingerprint density at radius 1 is 0.957 bits per heavy atom. The van der Waals surface area contributed by atoms with Gasteiger partial charge in [0.15, 0.2) is 0 Å². The number of halogens is 6. The summed E-state index contributed by atoms with van der Waals surface area (Å²) in [6.07, 6.45) is 0. The van der Waals surface area contributed by atoms with Gasteiger partial charge in [0.2, 0.25) is 0 Å². The molecule has 0 bridgehead atoms. The van der Waals surface area contributed by atoms with E-state index in [0.29, 0.717) is 0 Å². The third-order valence-electron chi connectivity index (χ3n) is 2.21. The van der Waals surface area contributed by atoms with Gasteiger partial charge in [0.05, 0.1) is 0 Å². The maximum absolute atomic E-state index is 13.1. The van der Waals surface area contributed by atoms with Crippen molar-refractivity contribution >= 4 is 17.9 Å². The van der Waals surface area contributed by atoms with Gasteiger partial charge in [-0.1, -0.05) is 6.58 Å². The monoisotopic (exact) mass is 352 g/mol. The summed E-state index contributed by atoms with van der Waals surface area (Å²) in [4.78, 5) is 31.6. The molecule has 0 spiro atoms. The van der Waals surface area contributed by atoms with E-state index in [0.717, 1.165) is 0 Å². The van der Waals surface area contributed by atoms with E-state index in [-0.39, 0.29) is 5.57 Å². The average Bonchev–Trinajstić information content (AvgIpc) is 2.41. The van der Waals surface area contributed by atoms with Crippen molar-refractivity contribution in [2.75, 3.05) is 13.2 Å². The lowest BCUT2D eigenvalue weighted by atomic mass is 10.0. The van der Waals surface area contributed by atoms with Gasteiger partial charge >= 0.3 is 35.7 Å². The molecule has 0 aromatic carbocycles. The van der Waals surface area contributed by atoms with Crippen molar-refractivity contribution in [3.63, 3.8) is 0 Å². The predicted octanol–water partition coefficient (Wildman–Crippen LogP) is 1.64. The van der Waals surface area contributed by atoms with Gasteiger partial charge in [-0.25, -0.2) is 14.4 Å². The second kappa shape index (κ2) is 6.87. The molecule has 0 saturated heterocycles. The molecular formula is C11H10F6O6. The molecule has 0 heterocycles. The van der Waals surface area contributed by atoms with Crippen molar-refractivity contribution in [1.82, 2.24) is 0 Å². The molecule has 0 radical (unpaired) electrons. The quantitative estimate of drug-likeness (QED) is 0.309. The van der Waals surface area contributed by atoms with Crippen molar-refractivity contribution in [3.05, 3.63) is 12.2 Å². The summed E-state index contributed by atoms with van der Waals surface area (Å²) in [5.41, 5.74) is -0.103. The first-order valence-electron chi connectivity index (χ1n) is 5.56. The van der Waals surface area contributed by atoms with Gasteiger partial charge in [-0.3, -0.25) is 0 Å². The second-order valence-corrected chi connectivity index (χ2v) is 4.08. The summed E-state index contributed by atoms with van der Waals surface area (Å²) < 4.78 is 85.2. The lowest BCUT2D eigenvalue weighted by Crippen LogP contribution is -2.61. The first-order chi connectivity index (χ1) is 10.2. The van der Waals surface area contributed by atoms with Crippen molar-refractivity contribution in [1.29, 1.82) is 0 Å². The Bertz CT molecular complexity index is 515. The summed E-state index contributed by atoms with van der Waals surface area (Å²) in [6.45, 7) is 2.37. The van der Waals surface area contributed by atoms with E-state index in [1.54, 1.807) is 0 Å². The number of carboxylic acids is 1. The minimum Gasteiger partial charge on any atom is -0.477 e. The highest BCUT2D eigenvalue weighted by Gasteiger charge is 2.79. The SMILES string of the molecule is C=C(C)C(=O)OCCOC(=O)C(F)(F)C(F)(F)C(F)(F)C(=O)O. The molecule has 0 unspecified atom stereocenters. The van der Waals surface area contributed by atoms with Crippen LogP contribution in [0.1, 0.15) is 6.92 Å². The Morgan fingerprint density at radius 3 is 1.78 bits per heavy atom. The number of rotatable bonds is 8. The van der Waals surface area contributed by atoms with E-state index in [2.05, 4.69) is 16.1 Å². The highest BCUT2D eigenvalue weighted by atomic mass is 19.3. The zero-order chi connectivity index (χ0) is 18.6. The number of aliphatic carboxylic acids is 1. The highest BCUT2D eigenvalue weighted by molar-refractivity contribution is 5.87. The fourth-order valence-corrected chi connectivity index (χ4v) is 0.942. The molecular weight excluding hydrogens is 342 g/mol. The number of hydrogen-bond donors (Lipinski definition) is 1. The van der Waals surface area contributed by atoms with Crippen LogP contribution in [0, 0.1) is 0 Å². The van der Waals surface area contributed by atoms with E-state index in [9.17, 15) is 40.7 Å². The molecule has 12 heteroatoms. The average molecular weight is 352 g/mol. The van der Waals surface area contributed by atoms with Crippen LogP contribution in [0.2, 0.25) is 0 Å². The zero-order valence-corrected chi connectivity index (χ0v) is 11.4. The lowest BCUT2D eigenvalue weighted by molar-refractivity contribution is -0.299. The van der Waals surface area contributed by atoms with Crippen molar-refractivity contribution < 1.29 is 55.3 Å². The molecule has 0 fully saturated rings. The number of carbonyl (C=O) groups excluding carboxylic acids is 2. The van der Waals surface area contributed by atoms with E-state index in [1.807, 2.05) is 0 Å². The van der Waals surface area contributed by atoms with Crippen LogP contribution in [0.3, 0.4) is 0 Å². The summed E-state index contributed by atoms with van der Waals surface area (Å²) in [6, 6.07) is 0. The predicted molar refractivity (Wildman–Crippen MR) is 59.2 cm³/mol. The van der Waals surface area contributed by atoms with Gasteiger partial charge in [-0.15, -0.1) is 0 Å². The van der Waals surface area contributed by atoms with E-state index < -0.39 is 48.9 Å². The molecule has 0 aromatic rings. The van der Waals surface area contributed by atoms with Crippen molar-refractivity contribution in [2.24, 2.45) is 0 Å². The molecule has 0 aliphatic heterocycles. The molecule has 132 valence electrons. The van der Waals surface area contributed by atoms with Crippen LogP contribution in [-0.4, -0.2) is 54.0 Å². The minimum atomic E-state index is -6.54. The van der Waals surface area contributed by atoms with Crippen LogP contribution in [0.4, 0.5) is 26.3 Å². The van der Waals surface area contributed by atoms with Gasteiger partial charge in [0, 0.05) is 5.57 Å². The van der Waals surface area contributed by atoms with Gasteiger partial charge in [-0.05, 0) is 6.92 Å². The van der Waals surface area contributed by atoms with Crippen LogP contribution >= 0.6 is 0 Å². The Kier molecular flexibility index (Phi) is 6.20. The van der Waals surface area contributed by atoms with Gasteiger partial charge in [-0.2, -0.15) is 26.3 Å². The Hall–Kier alpha value is -2.27. The van der Waals surface area contributed by atoms with Crippen molar-refractivity contribution in [2.45, 2.75) is 24.7 Å². The van der Waals surface area contributed by atoms with Crippen LogP contribution in [0.25, 0.3) is 0 Å². The van der Waals surface area contributed by atoms with Crippen LogP contribution < -0.4 is 0 Å². The number of carbonyl (C=O) groups is 3. The lowest BCUT2D eigenvalue weighted by Gasteiger charge is -2.28. The molecule has 6 nitrogen and oxygen atoms in total.